The number of benzene rings is 1. The fourth-order valence-corrected chi connectivity index (χ4v) is 1.75. The minimum absolute atomic E-state index is 0.290. The van der Waals surface area contributed by atoms with Gasteiger partial charge in [0.25, 0.3) is 0 Å². The zero-order valence-electron chi connectivity index (χ0n) is 9.05. The van der Waals surface area contributed by atoms with Crippen LogP contribution in [0, 0.1) is 13.8 Å². The summed E-state index contributed by atoms with van der Waals surface area (Å²) in [6, 6.07) is 3.84. The number of carbonyl (C=O) groups excluding carboxylic acids is 1. The standard InChI is InChI=1S/C12H13NO2/c1-7-4-9-8(2)6-13-11(9)5-10(7)12(14)15-3/h4-6,13H,1-3H3. The largest absolute Gasteiger partial charge is 0.465 e. The Morgan fingerprint density at radius 2 is 2.00 bits per heavy atom. The van der Waals surface area contributed by atoms with E-state index in [-0.39, 0.29) is 5.97 Å². The first kappa shape index (κ1) is 9.77. The number of H-pyrrole nitrogens is 1. The van der Waals surface area contributed by atoms with E-state index in [0.717, 1.165) is 16.5 Å². The van der Waals surface area contributed by atoms with E-state index >= 15 is 0 Å². The summed E-state index contributed by atoms with van der Waals surface area (Å²) >= 11 is 0. The number of hydrogen-bond acceptors (Lipinski definition) is 2. The van der Waals surface area contributed by atoms with E-state index in [2.05, 4.69) is 4.98 Å². The first-order valence-corrected chi connectivity index (χ1v) is 4.80. The van der Waals surface area contributed by atoms with Crippen LogP contribution in [0.5, 0.6) is 0 Å². The van der Waals surface area contributed by atoms with Gasteiger partial charge in [-0.1, -0.05) is 0 Å². The Labute approximate surface area is 88.1 Å². The lowest BCUT2D eigenvalue weighted by atomic mass is 10.0. The molecule has 1 aromatic carbocycles. The number of aromatic nitrogens is 1. The van der Waals surface area contributed by atoms with Crippen LogP contribution in [0.2, 0.25) is 0 Å². The summed E-state index contributed by atoms with van der Waals surface area (Å²) in [7, 11) is 1.39. The number of ether oxygens (including phenoxy) is 1. The molecule has 1 N–H and O–H groups in total. The molecular formula is C12H13NO2. The number of nitrogens with one attached hydrogen (secondary N) is 1. The fraction of sp³-hybridized carbons (Fsp3) is 0.250. The normalized spacial score (nSPS) is 10.6. The summed E-state index contributed by atoms with van der Waals surface area (Å²) in [5.41, 5.74) is 3.71. The second kappa shape index (κ2) is 3.42. The predicted molar refractivity (Wildman–Crippen MR) is 59.1 cm³/mol. The SMILES string of the molecule is COC(=O)c1cc2[nH]cc(C)c2cc1C. The molecule has 3 heteroatoms. The van der Waals surface area contributed by atoms with Gasteiger partial charge in [-0.05, 0) is 37.1 Å². The highest BCUT2D eigenvalue weighted by Crippen LogP contribution is 2.22. The number of fused-ring (bicyclic) bond motifs is 1. The second-order valence-electron chi connectivity index (χ2n) is 3.68. The molecule has 0 radical (unpaired) electrons. The average Bonchev–Trinajstić information content (AvgIpc) is 2.58. The molecule has 78 valence electrons. The summed E-state index contributed by atoms with van der Waals surface area (Å²) in [6.07, 6.45) is 1.94. The molecule has 0 aliphatic rings. The van der Waals surface area contributed by atoms with Crippen molar-refractivity contribution in [2.75, 3.05) is 7.11 Å². The minimum atomic E-state index is -0.290. The van der Waals surface area contributed by atoms with Crippen LogP contribution >= 0.6 is 0 Å². The Morgan fingerprint density at radius 1 is 1.27 bits per heavy atom. The van der Waals surface area contributed by atoms with E-state index in [4.69, 9.17) is 4.74 Å². The van der Waals surface area contributed by atoms with Gasteiger partial charge in [0, 0.05) is 17.1 Å². The van der Waals surface area contributed by atoms with Crippen LogP contribution in [-0.2, 0) is 4.74 Å². The molecule has 15 heavy (non-hydrogen) atoms. The van der Waals surface area contributed by atoms with E-state index in [0.29, 0.717) is 5.56 Å². The Morgan fingerprint density at radius 3 is 2.67 bits per heavy atom. The molecule has 0 atom stereocenters. The molecule has 0 saturated heterocycles. The first-order valence-electron chi connectivity index (χ1n) is 4.80. The summed E-state index contributed by atoms with van der Waals surface area (Å²) in [5.74, 6) is -0.290. The Kier molecular flexibility index (Phi) is 2.23. The van der Waals surface area contributed by atoms with Gasteiger partial charge in [-0.2, -0.15) is 0 Å². The topological polar surface area (TPSA) is 42.1 Å². The van der Waals surface area contributed by atoms with Crippen molar-refractivity contribution in [2.24, 2.45) is 0 Å². The van der Waals surface area contributed by atoms with Crippen molar-refractivity contribution in [1.29, 1.82) is 0 Å². The van der Waals surface area contributed by atoms with Crippen molar-refractivity contribution in [3.05, 3.63) is 35.0 Å². The van der Waals surface area contributed by atoms with Crippen LogP contribution in [0.1, 0.15) is 21.5 Å². The van der Waals surface area contributed by atoms with E-state index in [1.54, 1.807) is 0 Å². The van der Waals surface area contributed by atoms with E-state index in [1.165, 1.54) is 12.7 Å². The third kappa shape index (κ3) is 1.50. The number of methoxy groups -OCH3 is 1. The molecule has 0 unspecified atom stereocenters. The molecule has 3 nitrogen and oxygen atoms in total. The van der Waals surface area contributed by atoms with Gasteiger partial charge in [-0.25, -0.2) is 4.79 Å². The Bertz CT molecular complexity index is 526. The molecule has 2 rings (SSSR count). The molecule has 0 aliphatic carbocycles. The molecule has 0 bridgehead atoms. The highest BCUT2D eigenvalue weighted by Gasteiger charge is 2.11. The van der Waals surface area contributed by atoms with Crippen LogP contribution in [0.4, 0.5) is 0 Å². The lowest BCUT2D eigenvalue weighted by Gasteiger charge is -2.04. The second-order valence-corrected chi connectivity index (χ2v) is 3.68. The van der Waals surface area contributed by atoms with Crippen LogP contribution in [0.15, 0.2) is 18.3 Å². The number of esters is 1. The van der Waals surface area contributed by atoms with E-state index in [9.17, 15) is 4.79 Å². The van der Waals surface area contributed by atoms with Gasteiger partial charge in [0.1, 0.15) is 0 Å². The number of aryl methyl sites for hydroxylation is 2. The van der Waals surface area contributed by atoms with Gasteiger partial charge < -0.3 is 9.72 Å². The number of hydrogen-bond donors (Lipinski definition) is 1. The molecule has 0 saturated carbocycles. The van der Waals surface area contributed by atoms with Gasteiger partial charge in [0.05, 0.1) is 12.7 Å². The fourth-order valence-electron chi connectivity index (χ4n) is 1.75. The van der Waals surface area contributed by atoms with Gasteiger partial charge in [0.15, 0.2) is 0 Å². The van der Waals surface area contributed by atoms with Gasteiger partial charge in [-0.15, -0.1) is 0 Å². The van der Waals surface area contributed by atoms with E-state index in [1.807, 2.05) is 32.2 Å². The maximum Gasteiger partial charge on any atom is 0.338 e. The average molecular weight is 203 g/mol. The zero-order valence-corrected chi connectivity index (χ0v) is 9.05. The summed E-state index contributed by atoms with van der Waals surface area (Å²) in [6.45, 7) is 3.95. The maximum atomic E-state index is 11.4. The number of rotatable bonds is 1. The smallest absolute Gasteiger partial charge is 0.338 e. The summed E-state index contributed by atoms with van der Waals surface area (Å²) < 4.78 is 4.72. The van der Waals surface area contributed by atoms with Crippen LogP contribution in [-0.4, -0.2) is 18.1 Å². The number of carbonyl (C=O) groups is 1. The molecule has 1 heterocycles. The lowest BCUT2D eigenvalue weighted by molar-refractivity contribution is 0.0600. The van der Waals surface area contributed by atoms with Crippen LogP contribution < -0.4 is 0 Å². The predicted octanol–water partition coefficient (Wildman–Crippen LogP) is 2.57. The Balaban J connectivity index is 2.68. The maximum absolute atomic E-state index is 11.4. The lowest BCUT2D eigenvalue weighted by Crippen LogP contribution is -2.03. The monoisotopic (exact) mass is 203 g/mol. The van der Waals surface area contributed by atoms with Crippen molar-refractivity contribution < 1.29 is 9.53 Å². The van der Waals surface area contributed by atoms with Crippen LogP contribution in [0.3, 0.4) is 0 Å². The van der Waals surface area contributed by atoms with Crippen molar-refractivity contribution in [2.45, 2.75) is 13.8 Å². The highest BCUT2D eigenvalue weighted by molar-refractivity contribution is 5.97. The van der Waals surface area contributed by atoms with Crippen LogP contribution in [0.25, 0.3) is 10.9 Å². The van der Waals surface area contributed by atoms with Gasteiger partial charge in [-0.3, -0.25) is 0 Å². The third-order valence-corrected chi connectivity index (χ3v) is 2.64. The Hall–Kier alpha value is -1.77. The van der Waals surface area contributed by atoms with Crippen molar-refractivity contribution in [1.82, 2.24) is 4.98 Å². The van der Waals surface area contributed by atoms with Gasteiger partial charge >= 0.3 is 5.97 Å². The molecule has 0 aliphatic heterocycles. The third-order valence-electron chi connectivity index (χ3n) is 2.64. The highest BCUT2D eigenvalue weighted by atomic mass is 16.5. The van der Waals surface area contributed by atoms with Gasteiger partial charge in [0.2, 0.25) is 0 Å². The molecule has 0 amide bonds. The van der Waals surface area contributed by atoms with Crippen molar-refractivity contribution in [3.63, 3.8) is 0 Å². The van der Waals surface area contributed by atoms with Crippen molar-refractivity contribution >= 4 is 16.9 Å². The molecule has 0 spiro atoms. The summed E-state index contributed by atoms with van der Waals surface area (Å²) in [5, 5.41) is 1.15. The molecule has 2 aromatic rings. The zero-order chi connectivity index (χ0) is 11.0. The summed E-state index contributed by atoms with van der Waals surface area (Å²) in [4.78, 5) is 14.6. The molecule has 0 fully saturated rings. The molecule has 1 aromatic heterocycles. The van der Waals surface area contributed by atoms with E-state index < -0.39 is 0 Å². The quantitative estimate of drug-likeness (QED) is 0.724. The minimum Gasteiger partial charge on any atom is -0.465 e. The molecular weight excluding hydrogens is 190 g/mol. The van der Waals surface area contributed by atoms with Crippen molar-refractivity contribution in [3.8, 4) is 0 Å². The number of aromatic amines is 1. The first-order chi connectivity index (χ1) is 7.13.